The van der Waals surface area contributed by atoms with Crippen molar-refractivity contribution in [2.45, 2.75) is 19.4 Å². The van der Waals surface area contributed by atoms with Crippen LogP contribution in [0.4, 0.5) is 0 Å². The van der Waals surface area contributed by atoms with Gasteiger partial charge in [0.1, 0.15) is 0 Å². The van der Waals surface area contributed by atoms with Gasteiger partial charge >= 0.3 is 0 Å². The van der Waals surface area contributed by atoms with E-state index in [0.717, 1.165) is 24.5 Å². The van der Waals surface area contributed by atoms with E-state index in [1.165, 1.54) is 11.1 Å². The molecule has 1 aromatic rings. The highest BCUT2D eigenvalue weighted by molar-refractivity contribution is 5.49. The Bertz CT molecular complexity index is 363. The number of benzene rings is 1. The Morgan fingerprint density at radius 1 is 1.20 bits per heavy atom. The second kappa shape index (κ2) is 4.11. The molecule has 1 aliphatic heterocycles. The van der Waals surface area contributed by atoms with Gasteiger partial charge in [0, 0.05) is 12.6 Å². The first kappa shape index (κ1) is 10.3. The summed E-state index contributed by atoms with van der Waals surface area (Å²) in [5.74, 6) is 1.60. The molecule has 0 aliphatic carbocycles. The number of hydrogen-bond donors (Lipinski definition) is 0. The molecule has 3 nitrogen and oxygen atoms in total. The van der Waals surface area contributed by atoms with Crippen molar-refractivity contribution in [2.75, 3.05) is 20.8 Å². The molecule has 81 valence electrons. The molecule has 3 heteroatoms. The molecule has 2 rings (SSSR count). The van der Waals surface area contributed by atoms with Gasteiger partial charge in [0.05, 0.1) is 14.2 Å². The second-order valence-corrected chi connectivity index (χ2v) is 3.74. The number of methoxy groups -OCH3 is 2. The van der Waals surface area contributed by atoms with Crippen LogP contribution >= 0.6 is 0 Å². The summed E-state index contributed by atoms with van der Waals surface area (Å²) in [4.78, 5) is 0. The number of hydrogen-bond acceptors (Lipinski definition) is 2. The van der Waals surface area contributed by atoms with E-state index in [9.17, 15) is 0 Å². The van der Waals surface area contributed by atoms with Gasteiger partial charge in [-0.05, 0) is 36.6 Å². The monoisotopic (exact) mass is 206 g/mol. The molecule has 1 aliphatic rings. The molecule has 0 spiro atoms. The number of rotatable bonds is 2. The standard InChI is InChI=1S/C12H16NO2/c1-8-10-7-12(15-3)11(14-2)6-9(10)4-5-13-8/h6-8H,4-5H2,1-3H3. The van der Waals surface area contributed by atoms with Crippen molar-refractivity contribution in [3.63, 3.8) is 0 Å². The van der Waals surface area contributed by atoms with Gasteiger partial charge in [-0.3, -0.25) is 0 Å². The van der Waals surface area contributed by atoms with Gasteiger partial charge in [-0.15, -0.1) is 0 Å². The fourth-order valence-corrected chi connectivity index (χ4v) is 2.02. The SMILES string of the molecule is COc1cc2c(cc1OC)C(C)[N]CC2. The largest absolute Gasteiger partial charge is 0.493 e. The van der Waals surface area contributed by atoms with Crippen molar-refractivity contribution in [3.05, 3.63) is 23.3 Å². The summed E-state index contributed by atoms with van der Waals surface area (Å²) in [5, 5.41) is 4.51. The zero-order chi connectivity index (χ0) is 10.8. The van der Waals surface area contributed by atoms with Crippen LogP contribution in [0, 0.1) is 0 Å². The maximum atomic E-state index is 5.28. The second-order valence-electron chi connectivity index (χ2n) is 3.74. The number of ether oxygens (including phenoxy) is 2. The fourth-order valence-electron chi connectivity index (χ4n) is 2.02. The Balaban J connectivity index is 2.48. The van der Waals surface area contributed by atoms with E-state index < -0.39 is 0 Å². The number of nitrogens with zero attached hydrogens (tertiary/aromatic N) is 1. The van der Waals surface area contributed by atoms with Gasteiger partial charge in [0.2, 0.25) is 0 Å². The van der Waals surface area contributed by atoms with E-state index in [2.05, 4.69) is 18.3 Å². The molecule has 1 atom stereocenters. The van der Waals surface area contributed by atoms with Crippen LogP contribution in [0.3, 0.4) is 0 Å². The van der Waals surface area contributed by atoms with Crippen LogP contribution in [0.5, 0.6) is 11.5 Å². The average molecular weight is 206 g/mol. The Hall–Kier alpha value is -1.22. The first-order chi connectivity index (χ1) is 7.26. The minimum absolute atomic E-state index is 0.272. The molecule has 1 aromatic carbocycles. The van der Waals surface area contributed by atoms with Crippen molar-refractivity contribution in [3.8, 4) is 11.5 Å². The minimum Gasteiger partial charge on any atom is -0.493 e. The highest BCUT2D eigenvalue weighted by Crippen LogP contribution is 2.35. The van der Waals surface area contributed by atoms with Crippen LogP contribution in [0.25, 0.3) is 0 Å². The molecule has 15 heavy (non-hydrogen) atoms. The predicted molar refractivity (Wildman–Crippen MR) is 58.7 cm³/mol. The van der Waals surface area contributed by atoms with Crippen molar-refractivity contribution in [1.82, 2.24) is 5.32 Å². The van der Waals surface area contributed by atoms with E-state index >= 15 is 0 Å². The maximum absolute atomic E-state index is 5.28. The van der Waals surface area contributed by atoms with Gasteiger partial charge in [-0.1, -0.05) is 0 Å². The highest BCUT2D eigenvalue weighted by atomic mass is 16.5. The molecule has 1 heterocycles. The summed E-state index contributed by atoms with van der Waals surface area (Å²) >= 11 is 0. The summed E-state index contributed by atoms with van der Waals surface area (Å²) in [6.45, 7) is 3.02. The van der Waals surface area contributed by atoms with Crippen molar-refractivity contribution in [2.24, 2.45) is 0 Å². The van der Waals surface area contributed by atoms with Gasteiger partial charge in [0.15, 0.2) is 11.5 Å². The first-order valence-electron chi connectivity index (χ1n) is 5.17. The first-order valence-corrected chi connectivity index (χ1v) is 5.17. The zero-order valence-electron chi connectivity index (χ0n) is 9.41. The van der Waals surface area contributed by atoms with Crippen molar-refractivity contribution < 1.29 is 9.47 Å². The molecule has 0 fully saturated rings. The molecule has 0 saturated carbocycles. The van der Waals surface area contributed by atoms with Crippen molar-refractivity contribution in [1.29, 1.82) is 0 Å². The van der Waals surface area contributed by atoms with Gasteiger partial charge in [-0.2, -0.15) is 0 Å². The third-order valence-corrected chi connectivity index (χ3v) is 2.88. The average Bonchev–Trinajstić information content (AvgIpc) is 2.28. The third-order valence-electron chi connectivity index (χ3n) is 2.88. The normalized spacial score (nSPS) is 19.5. The lowest BCUT2D eigenvalue weighted by Gasteiger charge is -2.23. The van der Waals surface area contributed by atoms with Crippen LogP contribution in [0.1, 0.15) is 24.1 Å². The van der Waals surface area contributed by atoms with E-state index in [1.807, 2.05) is 6.07 Å². The lowest BCUT2D eigenvalue weighted by atomic mass is 9.94. The molecular formula is C12H16NO2. The Kier molecular flexibility index (Phi) is 2.82. The Morgan fingerprint density at radius 3 is 2.53 bits per heavy atom. The van der Waals surface area contributed by atoms with E-state index in [4.69, 9.17) is 9.47 Å². The molecule has 0 amide bonds. The molecular weight excluding hydrogens is 190 g/mol. The predicted octanol–water partition coefficient (Wildman–Crippen LogP) is 1.93. The summed E-state index contributed by atoms with van der Waals surface area (Å²) in [6.07, 6.45) is 1.00. The van der Waals surface area contributed by atoms with Crippen LogP contribution in [0.15, 0.2) is 12.1 Å². The lowest BCUT2D eigenvalue weighted by molar-refractivity contribution is 0.352. The molecule has 1 radical (unpaired) electrons. The summed E-state index contributed by atoms with van der Waals surface area (Å²) in [7, 11) is 3.33. The molecule has 0 aromatic heterocycles. The molecule has 0 N–H and O–H groups in total. The Morgan fingerprint density at radius 2 is 1.87 bits per heavy atom. The summed E-state index contributed by atoms with van der Waals surface area (Å²) in [5.41, 5.74) is 2.59. The van der Waals surface area contributed by atoms with Crippen molar-refractivity contribution >= 4 is 0 Å². The van der Waals surface area contributed by atoms with E-state index in [-0.39, 0.29) is 6.04 Å². The minimum atomic E-state index is 0.272. The smallest absolute Gasteiger partial charge is 0.161 e. The third kappa shape index (κ3) is 1.79. The summed E-state index contributed by atoms with van der Waals surface area (Å²) in [6, 6.07) is 4.38. The topological polar surface area (TPSA) is 32.6 Å². The molecule has 0 bridgehead atoms. The zero-order valence-corrected chi connectivity index (χ0v) is 9.41. The van der Waals surface area contributed by atoms with Crippen LogP contribution in [-0.4, -0.2) is 20.8 Å². The van der Waals surface area contributed by atoms with Crippen LogP contribution in [-0.2, 0) is 6.42 Å². The maximum Gasteiger partial charge on any atom is 0.161 e. The quantitative estimate of drug-likeness (QED) is 0.740. The van der Waals surface area contributed by atoms with Gasteiger partial charge in [0.25, 0.3) is 0 Å². The van der Waals surface area contributed by atoms with Gasteiger partial charge in [-0.25, -0.2) is 5.32 Å². The van der Waals surface area contributed by atoms with Crippen LogP contribution < -0.4 is 14.8 Å². The lowest BCUT2D eigenvalue weighted by Crippen LogP contribution is -2.21. The van der Waals surface area contributed by atoms with E-state index in [0.29, 0.717) is 0 Å². The van der Waals surface area contributed by atoms with E-state index in [1.54, 1.807) is 14.2 Å². The molecule has 1 unspecified atom stereocenters. The summed E-state index contributed by atoms with van der Waals surface area (Å²) < 4.78 is 10.6. The highest BCUT2D eigenvalue weighted by Gasteiger charge is 2.19. The van der Waals surface area contributed by atoms with Crippen LogP contribution in [0.2, 0.25) is 0 Å². The fraction of sp³-hybridized carbons (Fsp3) is 0.500. The van der Waals surface area contributed by atoms with Gasteiger partial charge < -0.3 is 9.47 Å². The molecule has 0 saturated heterocycles. The number of fused-ring (bicyclic) bond motifs is 1. The Labute approximate surface area is 90.4 Å².